The van der Waals surface area contributed by atoms with Crippen LogP contribution >= 0.6 is 11.3 Å². The Hall–Kier alpha value is -5.55. The van der Waals surface area contributed by atoms with Crippen LogP contribution in [0.2, 0.25) is 0 Å². The fourth-order valence-corrected chi connectivity index (χ4v) is 10.4. The fraction of sp³-hybridized carbons (Fsp3) is 0.489. The maximum atomic E-state index is 14.6. The zero-order valence-electron chi connectivity index (χ0n) is 37.3. The molecule has 17 heteroatoms. The van der Waals surface area contributed by atoms with Crippen molar-refractivity contribution in [1.82, 2.24) is 19.6 Å². The van der Waals surface area contributed by atoms with E-state index < -0.39 is 44.8 Å². The van der Waals surface area contributed by atoms with Gasteiger partial charge >= 0.3 is 0 Å². The van der Waals surface area contributed by atoms with E-state index in [4.69, 9.17) is 25.2 Å². The molecule has 1 aliphatic heterocycles. The Morgan fingerprint density at radius 2 is 1.80 bits per heavy atom. The highest BCUT2D eigenvalue weighted by atomic mass is 32.2. The van der Waals surface area contributed by atoms with E-state index in [0.29, 0.717) is 66.2 Å². The van der Waals surface area contributed by atoms with E-state index in [2.05, 4.69) is 29.2 Å². The number of allylic oxidation sites excluding steroid dienone is 2. The Balaban J connectivity index is 1.03. The molecule has 2 aliphatic carbocycles. The molecule has 0 spiro atoms. The van der Waals surface area contributed by atoms with Crippen molar-refractivity contribution in [3.05, 3.63) is 71.3 Å². The molecular weight excluding hydrogens is 855 g/mol. The highest BCUT2D eigenvalue weighted by molar-refractivity contribution is 7.91. The van der Waals surface area contributed by atoms with E-state index in [-0.39, 0.29) is 42.5 Å². The molecule has 2 saturated carbocycles. The lowest BCUT2D eigenvalue weighted by Gasteiger charge is -2.28. The van der Waals surface area contributed by atoms with Crippen molar-refractivity contribution in [2.75, 3.05) is 24.3 Å². The van der Waals surface area contributed by atoms with Crippen LogP contribution in [0, 0.1) is 18.8 Å². The maximum absolute atomic E-state index is 14.6. The average molecular weight is 914 g/mol. The zero-order chi connectivity index (χ0) is 45.9. The van der Waals surface area contributed by atoms with Crippen molar-refractivity contribution in [3.8, 4) is 22.2 Å². The Bertz CT molecular complexity index is 2550. The van der Waals surface area contributed by atoms with Gasteiger partial charge in [-0.1, -0.05) is 44.9 Å². The summed E-state index contributed by atoms with van der Waals surface area (Å²) in [6, 6.07) is 11.1. The summed E-state index contributed by atoms with van der Waals surface area (Å²) >= 11 is 1.51. The SMILES string of the molecule is COc1ccc2c(O[C@@H]3C[C@@H](C(N)=O)N(C(=O)[C@H](CCCCC/C=C\[C@@H]4C[C@@H]4C(=O)NS(=O)(=O)C4(C)CC4)Nc4cccc(NC(C)=O)c4)C3)cc(-c3nc(C(C)C)cs3)nc2c1C. The molecule has 2 aromatic carbocycles. The molecule has 7 rings (SSSR count). The molecule has 2 aromatic heterocycles. The molecule has 5 atom stereocenters. The molecule has 0 bridgehead atoms. The second-order valence-electron chi connectivity index (χ2n) is 17.9. The van der Waals surface area contributed by atoms with Gasteiger partial charge in [-0.15, -0.1) is 11.3 Å². The number of fused-ring (bicyclic) bond motifs is 1. The number of amides is 4. The molecule has 0 unspecified atom stereocenters. The standard InChI is InChI=1S/C47H59N7O8S2/c1-27(2)38-26-63-45(52-38)37-24-41(34-17-18-40(61-6)28(3)42(34)51-37)62-33-23-39(43(48)56)54(25-33)46(58)36(50-32-15-12-14-31(22-32)49-29(4)55)16-11-9-7-8-10-13-30-21-35(30)44(57)53-64(59,60)47(5)19-20-47/h10,12-15,17-18,22,24,26-27,30,33,35-36,39,50H,7-9,11,16,19-21,23,25H2,1-6H3,(H2,48,56)(H,49,55)(H,53,57)/b13-10-/t30-,33-,35+,36+,39+/m1/s1. The number of primary amides is 1. The first-order valence-electron chi connectivity index (χ1n) is 22.0. The number of ether oxygens (including phenoxy) is 2. The number of nitrogens with zero attached hydrogens (tertiary/aromatic N) is 3. The lowest BCUT2D eigenvalue weighted by molar-refractivity contribution is -0.138. The van der Waals surface area contributed by atoms with E-state index in [1.54, 1.807) is 32.2 Å². The third-order valence-electron chi connectivity index (χ3n) is 12.5. The van der Waals surface area contributed by atoms with Crippen LogP contribution in [0.25, 0.3) is 21.6 Å². The summed E-state index contributed by atoms with van der Waals surface area (Å²) in [5.74, 6) is -0.401. The number of nitrogens with two attached hydrogens (primary N) is 1. The number of likely N-dealkylation sites (tertiary alicyclic amines) is 1. The monoisotopic (exact) mass is 913 g/mol. The van der Waals surface area contributed by atoms with Crippen molar-refractivity contribution in [3.63, 3.8) is 0 Å². The quantitative estimate of drug-likeness (QED) is 0.0514. The van der Waals surface area contributed by atoms with Gasteiger partial charge in [0.2, 0.25) is 33.7 Å². The first kappa shape index (κ1) is 46.4. The molecule has 4 amide bonds. The number of hydrogen-bond acceptors (Lipinski definition) is 12. The number of nitrogens with one attached hydrogen (secondary N) is 3. The molecule has 3 fully saturated rings. The van der Waals surface area contributed by atoms with Crippen LogP contribution in [0.15, 0.2) is 60.0 Å². The second-order valence-corrected chi connectivity index (χ2v) is 20.9. The van der Waals surface area contributed by atoms with Gasteiger partial charge in [0, 0.05) is 53.0 Å². The number of aryl methyl sites for hydroxylation is 1. The highest BCUT2D eigenvalue weighted by Crippen LogP contribution is 2.44. The highest BCUT2D eigenvalue weighted by Gasteiger charge is 2.52. The third-order valence-corrected chi connectivity index (χ3v) is 15.5. The average Bonchev–Trinajstić information content (AvgIpc) is 4.08. The van der Waals surface area contributed by atoms with Gasteiger partial charge in [0.25, 0.3) is 0 Å². The predicted molar refractivity (Wildman–Crippen MR) is 249 cm³/mol. The lowest BCUT2D eigenvalue weighted by atomic mass is 10.0. The van der Waals surface area contributed by atoms with Crippen molar-refractivity contribution in [2.45, 2.75) is 121 Å². The molecule has 3 aliphatic rings. The summed E-state index contributed by atoms with van der Waals surface area (Å²) in [6.45, 7) is 9.33. The van der Waals surface area contributed by atoms with E-state index in [0.717, 1.165) is 40.9 Å². The van der Waals surface area contributed by atoms with Gasteiger partial charge in [0.15, 0.2) is 0 Å². The van der Waals surface area contributed by atoms with Gasteiger partial charge in [-0.3, -0.25) is 23.9 Å². The first-order valence-corrected chi connectivity index (χ1v) is 24.4. The van der Waals surface area contributed by atoms with E-state index in [9.17, 15) is 27.6 Å². The molecule has 5 N–H and O–H groups in total. The Morgan fingerprint density at radius 3 is 2.48 bits per heavy atom. The van der Waals surface area contributed by atoms with Crippen LogP contribution in [0.4, 0.5) is 11.4 Å². The number of benzene rings is 2. The molecule has 64 heavy (non-hydrogen) atoms. The van der Waals surface area contributed by atoms with Gasteiger partial charge in [-0.05, 0) is 94.5 Å². The lowest BCUT2D eigenvalue weighted by Crippen LogP contribution is -2.49. The molecular formula is C47H59N7O8S2. The van der Waals surface area contributed by atoms with Crippen LogP contribution in [0.3, 0.4) is 0 Å². The minimum Gasteiger partial charge on any atom is -0.496 e. The fourth-order valence-electron chi connectivity index (χ4n) is 8.16. The maximum Gasteiger partial charge on any atom is 0.245 e. The summed E-state index contributed by atoms with van der Waals surface area (Å²) < 4.78 is 38.8. The Kier molecular flexibility index (Phi) is 14.0. The summed E-state index contributed by atoms with van der Waals surface area (Å²) in [5, 5.41) is 9.70. The van der Waals surface area contributed by atoms with Crippen molar-refractivity contribution < 1.29 is 37.1 Å². The smallest absolute Gasteiger partial charge is 0.245 e. The summed E-state index contributed by atoms with van der Waals surface area (Å²) in [5.41, 5.74) is 10.3. The first-order chi connectivity index (χ1) is 30.5. The molecule has 0 radical (unpaired) electrons. The number of sulfonamides is 1. The Labute approximate surface area is 379 Å². The molecule has 342 valence electrons. The number of thiazole rings is 1. The van der Waals surface area contributed by atoms with E-state index in [1.807, 2.05) is 48.7 Å². The van der Waals surface area contributed by atoms with E-state index >= 15 is 0 Å². The van der Waals surface area contributed by atoms with Crippen molar-refractivity contribution >= 4 is 67.3 Å². The summed E-state index contributed by atoms with van der Waals surface area (Å²) in [4.78, 5) is 63.5. The summed E-state index contributed by atoms with van der Waals surface area (Å²) in [7, 11) is -2.04. The minimum atomic E-state index is -3.65. The predicted octanol–water partition coefficient (Wildman–Crippen LogP) is 7.21. The number of aromatic nitrogens is 2. The van der Waals surface area contributed by atoms with E-state index in [1.165, 1.54) is 23.2 Å². The molecule has 3 heterocycles. The number of pyridine rings is 1. The molecule has 15 nitrogen and oxygen atoms in total. The van der Waals surface area contributed by atoms with Crippen LogP contribution < -0.4 is 30.6 Å². The summed E-state index contributed by atoms with van der Waals surface area (Å²) in [6.07, 6.45) is 8.97. The van der Waals surface area contributed by atoms with Gasteiger partial charge < -0.3 is 30.7 Å². The zero-order valence-corrected chi connectivity index (χ0v) is 38.9. The number of unbranched alkanes of at least 4 members (excludes halogenated alkanes) is 3. The van der Waals surface area contributed by atoms with Crippen LogP contribution in [0.1, 0.15) is 103 Å². The number of hydrogen-bond donors (Lipinski definition) is 4. The normalized spacial score (nSPS) is 20.6. The second kappa shape index (κ2) is 19.3. The third kappa shape index (κ3) is 10.7. The molecule has 4 aromatic rings. The number of methoxy groups -OCH3 is 1. The van der Waals surface area contributed by atoms with Crippen LogP contribution in [-0.4, -0.2) is 83.5 Å². The number of anilines is 2. The topological polar surface area (TPSA) is 212 Å². The minimum absolute atomic E-state index is 0.0241. The number of rotatable bonds is 20. The Morgan fingerprint density at radius 1 is 1.03 bits per heavy atom. The molecule has 1 saturated heterocycles. The number of carbonyl (C=O) groups excluding carboxylic acids is 4. The van der Waals surface area contributed by atoms with Crippen molar-refractivity contribution in [1.29, 1.82) is 0 Å². The van der Waals surface area contributed by atoms with Gasteiger partial charge in [0.1, 0.15) is 40.4 Å². The van der Waals surface area contributed by atoms with Gasteiger partial charge in [0.05, 0.1) is 29.6 Å². The van der Waals surface area contributed by atoms with Crippen LogP contribution in [0.5, 0.6) is 11.5 Å². The van der Waals surface area contributed by atoms with Crippen LogP contribution in [-0.2, 0) is 29.2 Å². The largest absolute Gasteiger partial charge is 0.496 e. The van der Waals surface area contributed by atoms with Gasteiger partial charge in [-0.2, -0.15) is 0 Å². The van der Waals surface area contributed by atoms with Crippen molar-refractivity contribution in [2.24, 2.45) is 17.6 Å². The number of carbonyl (C=O) groups is 4. The van der Waals surface area contributed by atoms with Gasteiger partial charge in [-0.25, -0.2) is 18.4 Å².